The van der Waals surface area contributed by atoms with Gasteiger partial charge in [0.05, 0.1) is 10.5 Å². The maximum Gasteiger partial charge on any atom is 0.419 e. The van der Waals surface area contributed by atoms with E-state index in [1.54, 1.807) is 7.05 Å². The molecule has 0 saturated carbocycles. The fraction of sp³-hybridized carbons (Fsp3) is 0.571. The average molecular weight is 354 g/mol. The Morgan fingerprint density at radius 3 is 2.61 bits per heavy atom. The SMILES string of the molecule is CNCC1CCCN(S(=O)(=O)c2ccc(C(F)(F)F)c(F)c2)C1. The van der Waals surface area contributed by atoms with E-state index in [0.717, 1.165) is 12.5 Å². The van der Waals surface area contributed by atoms with Crippen LogP contribution in [-0.4, -0.2) is 39.4 Å². The number of piperidine rings is 1. The molecule has 0 amide bonds. The van der Waals surface area contributed by atoms with Gasteiger partial charge in [-0.2, -0.15) is 17.5 Å². The Morgan fingerprint density at radius 2 is 2.04 bits per heavy atom. The number of nitrogens with one attached hydrogen (secondary N) is 1. The van der Waals surface area contributed by atoms with Gasteiger partial charge in [0.15, 0.2) is 0 Å². The highest BCUT2D eigenvalue weighted by atomic mass is 32.2. The minimum Gasteiger partial charge on any atom is -0.319 e. The van der Waals surface area contributed by atoms with Crippen molar-refractivity contribution < 1.29 is 26.0 Å². The fourth-order valence-electron chi connectivity index (χ4n) is 2.74. The summed E-state index contributed by atoms with van der Waals surface area (Å²) < 4.78 is 77.5. The second kappa shape index (κ2) is 6.74. The molecule has 1 atom stereocenters. The topological polar surface area (TPSA) is 49.4 Å². The van der Waals surface area contributed by atoms with E-state index in [4.69, 9.17) is 0 Å². The Morgan fingerprint density at radius 1 is 1.35 bits per heavy atom. The summed E-state index contributed by atoms with van der Waals surface area (Å²) in [6.45, 7) is 1.20. The van der Waals surface area contributed by atoms with E-state index in [2.05, 4.69) is 5.32 Å². The largest absolute Gasteiger partial charge is 0.419 e. The van der Waals surface area contributed by atoms with Crippen molar-refractivity contribution in [3.05, 3.63) is 29.6 Å². The molecule has 23 heavy (non-hydrogen) atoms. The van der Waals surface area contributed by atoms with Crippen LogP contribution >= 0.6 is 0 Å². The highest BCUT2D eigenvalue weighted by molar-refractivity contribution is 7.89. The molecule has 1 aliphatic heterocycles. The zero-order valence-corrected chi connectivity index (χ0v) is 13.3. The van der Waals surface area contributed by atoms with Gasteiger partial charge in [0.25, 0.3) is 0 Å². The van der Waals surface area contributed by atoms with E-state index < -0.39 is 32.5 Å². The molecule has 1 aliphatic rings. The summed E-state index contributed by atoms with van der Waals surface area (Å²) in [6, 6.07) is 1.72. The molecule has 4 nitrogen and oxygen atoms in total. The Kier molecular flexibility index (Phi) is 5.32. The second-order valence-electron chi connectivity index (χ2n) is 5.57. The van der Waals surface area contributed by atoms with Crippen molar-refractivity contribution in [3.8, 4) is 0 Å². The smallest absolute Gasteiger partial charge is 0.319 e. The van der Waals surface area contributed by atoms with Crippen LogP contribution < -0.4 is 5.32 Å². The van der Waals surface area contributed by atoms with Crippen molar-refractivity contribution in [1.29, 1.82) is 0 Å². The normalized spacial score (nSPS) is 20.7. The fourth-order valence-corrected chi connectivity index (χ4v) is 4.30. The Bertz CT molecular complexity index is 659. The van der Waals surface area contributed by atoms with Crippen LogP contribution in [0.5, 0.6) is 0 Å². The van der Waals surface area contributed by atoms with Crippen LogP contribution in [0.1, 0.15) is 18.4 Å². The van der Waals surface area contributed by atoms with Crippen LogP contribution in [0.3, 0.4) is 0 Å². The summed E-state index contributed by atoms with van der Waals surface area (Å²) in [6.07, 6.45) is -3.32. The molecule has 0 spiro atoms. The molecule has 1 aromatic rings. The number of halogens is 4. The van der Waals surface area contributed by atoms with Crippen LogP contribution in [0.2, 0.25) is 0 Å². The van der Waals surface area contributed by atoms with Gasteiger partial charge in [-0.3, -0.25) is 0 Å². The molecule has 1 saturated heterocycles. The number of rotatable bonds is 4. The molecule has 1 aromatic carbocycles. The summed E-state index contributed by atoms with van der Waals surface area (Å²) in [7, 11) is -2.24. The molecule has 2 rings (SSSR count). The van der Waals surface area contributed by atoms with E-state index in [-0.39, 0.29) is 19.0 Å². The van der Waals surface area contributed by atoms with Gasteiger partial charge < -0.3 is 5.32 Å². The summed E-state index contributed by atoms with van der Waals surface area (Å²) in [4.78, 5) is -0.451. The van der Waals surface area contributed by atoms with E-state index in [1.807, 2.05) is 0 Å². The molecule has 0 aromatic heterocycles. The lowest BCUT2D eigenvalue weighted by molar-refractivity contribution is -0.140. The van der Waals surface area contributed by atoms with Gasteiger partial charge in [0, 0.05) is 13.1 Å². The number of benzene rings is 1. The highest BCUT2D eigenvalue weighted by Gasteiger charge is 2.36. The van der Waals surface area contributed by atoms with Crippen molar-refractivity contribution in [2.75, 3.05) is 26.7 Å². The lowest BCUT2D eigenvalue weighted by atomic mass is 10.00. The molecule has 0 radical (unpaired) electrons. The molecular formula is C14H18F4N2O2S. The third-order valence-corrected chi connectivity index (χ3v) is 5.72. The second-order valence-corrected chi connectivity index (χ2v) is 7.51. The predicted octanol–water partition coefficient (Wildman–Crippen LogP) is 2.46. The van der Waals surface area contributed by atoms with Gasteiger partial charge >= 0.3 is 6.18 Å². The lowest BCUT2D eigenvalue weighted by Crippen LogP contribution is -2.42. The maximum atomic E-state index is 13.6. The summed E-state index contributed by atoms with van der Waals surface area (Å²) in [5, 5.41) is 2.98. The van der Waals surface area contributed by atoms with Gasteiger partial charge in [-0.15, -0.1) is 0 Å². The van der Waals surface area contributed by atoms with Crippen molar-refractivity contribution in [2.45, 2.75) is 23.9 Å². The van der Waals surface area contributed by atoms with E-state index in [0.29, 0.717) is 25.1 Å². The Labute approximate surface area is 132 Å². The zero-order valence-electron chi connectivity index (χ0n) is 12.5. The molecule has 1 N–H and O–H groups in total. The number of nitrogens with zero attached hydrogens (tertiary/aromatic N) is 1. The van der Waals surface area contributed by atoms with Crippen molar-refractivity contribution in [3.63, 3.8) is 0 Å². The zero-order chi connectivity index (χ0) is 17.3. The van der Waals surface area contributed by atoms with Crippen LogP contribution in [0.25, 0.3) is 0 Å². The molecule has 1 heterocycles. The van der Waals surface area contributed by atoms with Gasteiger partial charge in [0.2, 0.25) is 10.0 Å². The minimum atomic E-state index is -4.85. The monoisotopic (exact) mass is 354 g/mol. The first kappa shape index (κ1) is 18.2. The Hall–Kier alpha value is -1.19. The van der Waals surface area contributed by atoms with E-state index in [1.165, 1.54) is 4.31 Å². The van der Waals surface area contributed by atoms with Crippen molar-refractivity contribution >= 4 is 10.0 Å². The first-order chi connectivity index (χ1) is 10.7. The summed E-state index contributed by atoms with van der Waals surface area (Å²) >= 11 is 0. The van der Waals surface area contributed by atoms with Crippen LogP contribution in [0, 0.1) is 11.7 Å². The van der Waals surface area contributed by atoms with E-state index >= 15 is 0 Å². The molecule has 0 bridgehead atoms. The van der Waals surface area contributed by atoms with Crippen LogP contribution in [-0.2, 0) is 16.2 Å². The molecule has 0 aliphatic carbocycles. The number of hydrogen-bond acceptors (Lipinski definition) is 3. The quantitative estimate of drug-likeness (QED) is 0.845. The van der Waals surface area contributed by atoms with Crippen molar-refractivity contribution in [2.24, 2.45) is 5.92 Å². The summed E-state index contributed by atoms with van der Waals surface area (Å²) in [5.74, 6) is -1.45. The van der Waals surface area contributed by atoms with Gasteiger partial charge in [-0.1, -0.05) is 0 Å². The molecule has 1 unspecified atom stereocenters. The molecule has 1 fully saturated rings. The Balaban J connectivity index is 2.27. The number of hydrogen-bond donors (Lipinski definition) is 1. The van der Waals surface area contributed by atoms with Gasteiger partial charge in [0.1, 0.15) is 5.82 Å². The van der Waals surface area contributed by atoms with Crippen LogP contribution in [0.4, 0.5) is 17.6 Å². The number of sulfonamides is 1. The number of alkyl halides is 3. The predicted molar refractivity (Wildman–Crippen MR) is 76.8 cm³/mol. The first-order valence-corrected chi connectivity index (χ1v) is 8.61. The van der Waals surface area contributed by atoms with Crippen molar-refractivity contribution in [1.82, 2.24) is 9.62 Å². The third-order valence-electron chi connectivity index (χ3n) is 3.86. The molecule has 9 heteroatoms. The van der Waals surface area contributed by atoms with Crippen LogP contribution in [0.15, 0.2) is 23.1 Å². The first-order valence-electron chi connectivity index (χ1n) is 7.17. The molecule has 130 valence electrons. The third kappa shape index (κ3) is 4.02. The lowest BCUT2D eigenvalue weighted by Gasteiger charge is -2.31. The maximum absolute atomic E-state index is 13.6. The molecular weight excluding hydrogens is 336 g/mol. The van der Waals surface area contributed by atoms with E-state index in [9.17, 15) is 26.0 Å². The highest BCUT2D eigenvalue weighted by Crippen LogP contribution is 2.33. The summed E-state index contributed by atoms with van der Waals surface area (Å²) in [5.41, 5.74) is -1.47. The minimum absolute atomic E-state index is 0.128. The standard InChI is InChI=1S/C14H18F4N2O2S/c1-19-8-10-3-2-6-20(9-10)23(21,22)11-4-5-12(13(15)7-11)14(16,17)18/h4-5,7,10,19H,2-3,6,8-9H2,1H3. The van der Waals surface area contributed by atoms with Gasteiger partial charge in [-0.25, -0.2) is 12.8 Å². The van der Waals surface area contributed by atoms with Gasteiger partial charge in [-0.05, 0) is 50.6 Å². The average Bonchev–Trinajstić information content (AvgIpc) is 2.46.